The minimum absolute atomic E-state index is 0.289. The maximum Gasteiger partial charge on any atom is 0.460 e. The third-order valence-electron chi connectivity index (χ3n) is 3.39. The lowest BCUT2D eigenvalue weighted by Gasteiger charge is -2.40. The van der Waals surface area contributed by atoms with E-state index in [1.165, 1.54) is 0 Å². The second-order valence-electron chi connectivity index (χ2n) is 5.50. The van der Waals surface area contributed by atoms with Gasteiger partial charge in [0.15, 0.2) is 0 Å². The van der Waals surface area contributed by atoms with Crippen LogP contribution in [0.3, 0.4) is 0 Å². The van der Waals surface area contributed by atoms with Gasteiger partial charge in [-0.15, -0.1) is 0 Å². The Morgan fingerprint density at radius 3 is 1.38 bits per heavy atom. The maximum atomic E-state index is 13.3. The molecule has 0 bridgehead atoms. The number of esters is 1. The van der Waals surface area contributed by atoms with Crippen molar-refractivity contribution in [1.29, 1.82) is 0 Å². The number of carbonyl (C=O) groups is 1. The van der Waals surface area contributed by atoms with E-state index in [0.717, 1.165) is 0 Å². The Balaban J connectivity index is 3.38. The van der Waals surface area contributed by atoms with Crippen molar-refractivity contribution in [2.75, 3.05) is 13.2 Å². The summed E-state index contributed by atoms with van der Waals surface area (Å²) >= 11 is 0. The van der Waals surface area contributed by atoms with Crippen molar-refractivity contribution in [2.24, 2.45) is 0 Å². The predicted molar refractivity (Wildman–Crippen MR) is 56.4 cm³/mol. The number of halogens is 15. The highest BCUT2D eigenvalue weighted by atomic mass is 19.4. The van der Waals surface area contributed by atoms with Crippen molar-refractivity contribution in [3.63, 3.8) is 0 Å². The first kappa shape index (κ1) is 25.4. The number of rotatable bonds is 8. The molecule has 0 aromatic rings. The zero-order valence-electron chi connectivity index (χ0n) is 12.9. The molecule has 0 aromatic carbocycles. The Morgan fingerprint density at radius 2 is 1.03 bits per heavy atom. The molecule has 29 heavy (non-hydrogen) atoms. The summed E-state index contributed by atoms with van der Waals surface area (Å²) in [6, 6.07) is 0. The Bertz CT molecular complexity index is 634. The molecule has 1 rings (SSSR count). The van der Waals surface area contributed by atoms with Crippen molar-refractivity contribution >= 4 is 5.97 Å². The molecule has 0 radical (unpaired) electrons. The largest absolute Gasteiger partial charge is 0.460 e. The number of alkyl halides is 15. The molecule has 1 fully saturated rings. The van der Waals surface area contributed by atoms with E-state index in [-0.39, 0.29) is 6.61 Å². The van der Waals surface area contributed by atoms with Crippen LogP contribution >= 0.6 is 0 Å². The number of hydrogen-bond donors (Lipinski definition) is 0. The van der Waals surface area contributed by atoms with Gasteiger partial charge in [-0.05, 0) is 0 Å². The predicted octanol–water partition coefficient (Wildman–Crippen LogP) is 4.30. The molecule has 0 spiro atoms. The van der Waals surface area contributed by atoms with E-state index in [0.29, 0.717) is 0 Å². The lowest BCUT2D eigenvalue weighted by atomic mass is 9.91. The molecule has 0 amide bonds. The Kier molecular flexibility index (Phi) is 5.87. The van der Waals surface area contributed by atoms with Crippen LogP contribution in [0.15, 0.2) is 0 Å². The molecule has 1 heterocycles. The van der Waals surface area contributed by atoms with E-state index in [2.05, 4.69) is 9.47 Å². The molecular weight excluding hydrogens is 465 g/mol. The normalized spacial score (nSPS) is 19.9. The van der Waals surface area contributed by atoms with Gasteiger partial charge in [0.1, 0.15) is 12.7 Å². The van der Waals surface area contributed by atoms with Crippen LogP contribution in [-0.2, 0) is 14.3 Å². The average molecular weight is 470 g/mol. The first-order chi connectivity index (χ1) is 12.5. The summed E-state index contributed by atoms with van der Waals surface area (Å²) < 4.78 is 200. The van der Waals surface area contributed by atoms with Gasteiger partial charge in [0, 0.05) is 0 Å². The lowest BCUT2D eigenvalue weighted by molar-refractivity contribution is -0.450. The summed E-state index contributed by atoms with van der Waals surface area (Å²) in [6.45, 7) is -1.59. The highest BCUT2D eigenvalue weighted by Gasteiger charge is 2.94. The fourth-order valence-electron chi connectivity index (χ4n) is 1.52. The van der Waals surface area contributed by atoms with Crippen molar-refractivity contribution in [2.45, 2.75) is 47.8 Å². The molecule has 1 aliphatic rings. The smallest absolute Gasteiger partial charge is 0.458 e. The molecule has 18 heteroatoms. The van der Waals surface area contributed by atoms with E-state index in [9.17, 15) is 70.7 Å². The first-order valence-electron chi connectivity index (χ1n) is 6.62. The molecular formula is C11H5F15O3. The topological polar surface area (TPSA) is 38.8 Å². The Labute approximate surface area is 148 Å². The zero-order valence-corrected chi connectivity index (χ0v) is 12.9. The van der Waals surface area contributed by atoms with Crippen molar-refractivity contribution in [3.8, 4) is 0 Å². The molecule has 3 nitrogen and oxygen atoms in total. The SMILES string of the molecule is O=C(OCC1CO1)C(F)(F)C(F)(F)C(F)(F)C(F)(F)C(F)(F)C(F)(F)C(F)(F)F. The lowest BCUT2D eigenvalue weighted by Crippen LogP contribution is -2.73. The molecule has 1 atom stereocenters. The second-order valence-corrected chi connectivity index (χ2v) is 5.50. The molecule has 1 aliphatic heterocycles. The molecule has 1 saturated heterocycles. The molecule has 0 aliphatic carbocycles. The number of carbonyl (C=O) groups excluding carboxylic acids is 1. The van der Waals surface area contributed by atoms with Crippen LogP contribution in [0.4, 0.5) is 65.9 Å². The van der Waals surface area contributed by atoms with Gasteiger partial charge < -0.3 is 9.47 Å². The zero-order chi connectivity index (χ0) is 23.5. The van der Waals surface area contributed by atoms with E-state index < -0.39 is 60.4 Å². The molecule has 0 N–H and O–H groups in total. The standard InChI is InChI=1S/C11H5F15O3/c12-5(13,4(27)29-2-3-1-28-3)6(14,15)7(16,17)8(18,19)9(20,21)10(22,23)11(24,25)26/h3H,1-2H2. The van der Waals surface area contributed by atoms with Gasteiger partial charge in [-0.2, -0.15) is 65.9 Å². The third-order valence-corrected chi connectivity index (χ3v) is 3.39. The summed E-state index contributed by atoms with van der Waals surface area (Å²) in [5.41, 5.74) is 0. The fourth-order valence-corrected chi connectivity index (χ4v) is 1.52. The van der Waals surface area contributed by atoms with Crippen molar-refractivity contribution in [1.82, 2.24) is 0 Å². The van der Waals surface area contributed by atoms with Gasteiger partial charge in [-0.3, -0.25) is 0 Å². The van der Waals surface area contributed by atoms with Crippen molar-refractivity contribution in [3.05, 3.63) is 0 Å². The van der Waals surface area contributed by atoms with Crippen LogP contribution in [-0.4, -0.2) is 67.0 Å². The number of hydrogen-bond acceptors (Lipinski definition) is 3. The van der Waals surface area contributed by atoms with Crippen LogP contribution in [0.2, 0.25) is 0 Å². The summed E-state index contributed by atoms with van der Waals surface area (Å²) in [5.74, 6) is -51.8. The average Bonchev–Trinajstić information content (AvgIpc) is 3.34. The van der Waals surface area contributed by atoms with Gasteiger partial charge in [-0.25, -0.2) is 4.79 Å². The first-order valence-corrected chi connectivity index (χ1v) is 6.62. The second kappa shape index (κ2) is 6.69. The summed E-state index contributed by atoms with van der Waals surface area (Å²) in [6.07, 6.45) is -8.85. The van der Waals surface area contributed by atoms with E-state index >= 15 is 0 Å². The molecule has 0 saturated carbocycles. The van der Waals surface area contributed by atoms with Crippen LogP contribution in [0.5, 0.6) is 0 Å². The summed E-state index contributed by atoms with van der Waals surface area (Å²) in [7, 11) is 0. The summed E-state index contributed by atoms with van der Waals surface area (Å²) in [4.78, 5) is 10.8. The van der Waals surface area contributed by atoms with Gasteiger partial charge >= 0.3 is 47.7 Å². The van der Waals surface area contributed by atoms with E-state index in [4.69, 9.17) is 0 Å². The molecule has 172 valence electrons. The monoisotopic (exact) mass is 470 g/mol. The molecule has 1 unspecified atom stereocenters. The van der Waals surface area contributed by atoms with Crippen LogP contribution in [0.25, 0.3) is 0 Å². The molecule has 0 aromatic heterocycles. The summed E-state index contributed by atoms with van der Waals surface area (Å²) in [5, 5.41) is 0. The highest BCUT2D eigenvalue weighted by molar-refractivity contribution is 5.79. The van der Waals surface area contributed by atoms with Crippen LogP contribution in [0.1, 0.15) is 0 Å². The van der Waals surface area contributed by atoms with Gasteiger partial charge in [0.05, 0.1) is 6.61 Å². The van der Waals surface area contributed by atoms with Gasteiger partial charge in [-0.1, -0.05) is 0 Å². The quantitative estimate of drug-likeness (QED) is 0.302. The minimum Gasteiger partial charge on any atom is -0.458 e. The van der Waals surface area contributed by atoms with Crippen LogP contribution in [0, 0.1) is 0 Å². The Morgan fingerprint density at radius 1 is 0.690 bits per heavy atom. The van der Waals surface area contributed by atoms with Gasteiger partial charge in [0.2, 0.25) is 0 Å². The van der Waals surface area contributed by atoms with E-state index in [1.54, 1.807) is 0 Å². The Hall–Kier alpha value is -1.62. The maximum absolute atomic E-state index is 13.3. The van der Waals surface area contributed by atoms with Crippen LogP contribution < -0.4 is 0 Å². The minimum atomic E-state index is -8.44. The van der Waals surface area contributed by atoms with Gasteiger partial charge in [0.25, 0.3) is 0 Å². The van der Waals surface area contributed by atoms with E-state index in [1.807, 2.05) is 0 Å². The highest BCUT2D eigenvalue weighted by Crippen LogP contribution is 2.62. The number of epoxide rings is 1. The number of ether oxygens (including phenoxy) is 2. The third kappa shape index (κ3) is 3.56. The van der Waals surface area contributed by atoms with Crippen molar-refractivity contribution < 1.29 is 80.1 Å². The fraction of sp³-hybridized carbons (Fsp3) is 0.909.